The first-order valence-corrected chi connectivity index (χ1v) is 8.46. The van der Waals surface area contributed by atoms with Crippen molar-refractivity contribution in [2.24, 2.45) is 0 Å². The third kappa shape index (κ3) is 5.29. The van der Waals surface area contributed by atoms with Gasteiger partial charge in [-0.3, -0.25) is 0 Å². The zero-order valence-electron chi connectivity index (χ0n) is 14.4. The van der Waals surface area contributed by atoms with Crippen LogP contribution in [0.4, 0.5) is 10.5 Å². The van der Waals surface area contributed by atoms with Gasteiger partial charge in [0, 0.05) is 23.2 Å². The van der Waals surface area contributed by atoms with Crippen LogP contribution in [0.15, 0.2) is 40.9 Å². The molecule has 2 N–H and O–H groups in total. The summed E-state index contributed by atoms with van der Waals surface area (Å²) in [6, 6.07) is 11.0. The van der Waals surface area contributed by atoms with Crippen molar-refractivity contribution in [3.05, 3.63) is 46.4 Å². The summed E-state index contributed by atoms with van der Waals surface area (Å²) >= 11 is 3.43. The normalized spacial score (nSPS) is 10.1. The standard InChI is InChI=1S/C18H21BrN2O4/c1-23-15-10-14(11-16(24-2)17(15)25-3)21-18(22)20-8-7-12-5-4-6-13(19)9-12/h4-6,9-11H,7-8H2,1-3H3,(H2,20,21,22). The maximum Gasteiger partial charge on any atom is 0.319 e. The van der Waals surface area contributed by atoms with E-state index in [4.69, 9.17) is 14.2 Å². The maximum atomic E-state index is 12.1. The summed E-state index contributed by atoms with van der Waals surface area (Å²) < 4.78 is 16.8. The number of ether oxygens (including phenoxy) is 3. The van der Waals surface area contributed by atoms with E-state index in [9.17, 15) is 4.79 Å². The Morgan fingerprint density at radius 2 is 1.72 bits per heavy atom. The number of nitrogens with one attached hydrogen (secondary N) is 2. The highest BCUT2D eigenvalue weighted by atomic mass is 79.9. The molecule has 0 saturated carbocycles. The number of benzene rings is 2. The molecule has 0 aliphatic rings. The topological polar surface area (TPSA) is 68.8 Å². The number of carbonyl (C=O) groups excluding carboxylic acids is 1. The third-order valence-corrected chi connectivity index (χ3v) is 4.00. The van der Waals surface area contributed by atoms with Crippen LogP contribution in [0, 0.1) is 0 Å². The largest absolute Gasteiger partial charge is 0.493 e. The summed E-state index contributed by atoms with van der Waals surface area (Å²) in [5, 5.41) is 5.59. The molecular weight excluding hydrogens is 388 g/mol. The maximum absolute atomic E-state index is 12.1. The van der Waals surface area contributed by atoms with E-state index >= 15 is 0 Å². The van der Waals surface area contributed by atoms with Crippen molar-refractivity contribution in [3.63, 3.8) is 0 Å². The van der Waals surface area contributed by atoms with Gasteiger partial charge in [-0.1, -0.05) is 28.1 Å². The number of rotatable bonds is 7. The molecule has 0 aromatic heterocycles. The Bertz CT molecular complexity index is 712. The number of carbonyl (C=O) groups is 1. The van der Waals surface area contributed by atoms with Crippen LogP contribution in [0.3, 0.4) is 0 Å². The summed E-state index contributed by atoms with van der Waals surface area (Å²) in [6.07, 6.45) is 0.738. The van der Waals surface area contributed by atoms with Gasteiger partial charge >= 0.3 is 6.03 Å². The lowest BCUT2D eigenvalue weighted by Crippen LogP contribution is -2.30. The van der Waals surface area contributed by atoms with E-state index in [2.05, 4.69) is 26.6 Å². The molecule has 6 nitrogen and oxygen atoms in total. The number of anilines is 1. The van der Waals surface area contributed by atoms with E-state index in [1.807, 2.05) is 24.3 Å². The zero-order chi connectivity index (χ0) is 18.2. The lowest BCUT2D eigenvalue weighted by atomic mass is 10.1. The van der Waals surface area contributed by atoms with Gasteiger partial charge in [0.2, 0.25) is 5.75 Å². The zero-order valence-corrected chi connectivity index (χ0v) is 16.0. The predicted molar refractivity (Wildman–Crippen MR) is 101 cm³/mol. The van der Waals surface area contributed by atoms with Crippen molar-refractivity contribution in [2.45, 2.75) is 6.42 Å². The fourth-order valence-corrected chi connectivity index (χ4v) is 2.79. The Balaban J connectivity index is 1.95. The van der Waals surface area contributed by atoms with Crippen molar-refractivity contribution < 1.29 is 19.0 Å². The number of methoxy groups -OCH3 is 3. The van der Waals surface area contributed by atoms with E-state index in [1.54, 1.807) is 12.1 Å². The van der Waals surface area contributed by atoms with Gasteiger partial charge < -0.3 is 24.8 Å². The Morgan fingerprint density at radius 1 is 1.04 bits per heavy atom. The molecule has 0 aliphatic heterocycles. The quantitative estimate of drug-likeness (QED) is 0.729. The van der Waals surface area contributed by atoms with E-state index in [1.165, 1.54) is 21.3 Å². The molecule has 7 heteroatoms. The first-order valence-electron chi connectivity index (χ1n) is 7.66. The number of hydrogen-bond donors (Lipinski definition) is 2. The van der Waals surface area contributed by atoms with Crippen LogP contribution in [0.25, 0.3) is 0 Å². The predicted octanol–water partition coefficient (Wildman–Crippen LogP) is 3.84. The van der Waals surface area contributed by atoms with Crippen LogP contribution in [-0.4, -0.2) is 33.9 Å². The number of amides is 2. The average molecular weight is 409 g/mol. The SMILES string of the molecule is COc1cc(NC(=O)NCCc2cccc(Br)c2)cc(OC)c1OC. The molecule has 0 aliphatic carbocycles. The van der Waals surface area contributed by atoms with Crippen LogP contribution in [-0.2, 0) is 6.42 Å². The number of urea groups is 1. The molecule has 0 atom stereocenters. The minimum Gasteiger partial charge on any atom is -0.493 e. The molecule has 0 radical (unpaired) electrons. The van der Waals surface area contributed by atoms with Gasteiger partial charge in [0.25, 0.3) is 0 Å². The van der Waals surface area contributed by atoms with Gasteiger partial charge in [-0.15, -0.1) is 0 Å². The van der Waals surface area contributed by atoms with Crippen LogP contribution in [0.2, 0.25) is 0 Å². The molecule has 2 rings (SSSR count). The highest BCUT2D eigenvalue weighted by Gasteiger charge is 2.14. The lowest BCUT2D eigenvalue weighted by molar-refractivity contribution is 0.252. The second kappa shape index (κ2) is 9.17. The average Bonchev–Trinajstić information content (AvgIpc) is 2.60. The first-order chi connectivity index (χ1) is 12.1. The van der Waals surface area contributed by atoms with E-state index in [0.717, 1.165) is 16.5 Å². The molecule has 2 aromatic carbocycles. The van der Waals surface area contributed by atoms with Crippen LogP contribution in [0.5, 0.6) is 17.2 Å². The van der Waals surface area contributed by atoms with Crippen molar-refractivity contribution >= 4 is 27.6 Å². The first kappa shape index (κ1) is 18.9. The summed E-state index contributed by atoms with van der Waals surface area (Å²) in [7, 11) is 4.58. The molecule has 134 valence electrons. The van der Waals surface area contributed by atoms with Gasteiger partial charge in [-0.25, -0.2) is 4.79 Å². The van der Waals surface area contributed by atoms with Gasteiger partial charge in [0.15, 0.2) is 11.5 Å². The summed E-state index contributed by atoms with van der Waals surface area (Å²) in [4.78, 5) is 12.1. The highest BCUT2D eigenvalue weighted by molar-refractivity contribution is 9.10. The Morgan fingerprint density at radius 3 is 2.28 bits per heavy atom. The van der Waals surface area contributed by atoms with Gasteiger partial charge in [0.1, 0.15) is 0 Å². The lowest BCUT2D eigenvalue weighted by Gasteiger charge is -2.15. The second-order valence-electron chi connectivity index (χ2n) is 5.17. The van der Waals surface area contributed by atoms with Gasteiger partial charge in [-0.2, -0.15) is 0 Å². The molecule has 25 heavy (non-hydrogen) atoms. The molecule has 0 saturated heterocycles. The highest BCUT2D eigenvalue weighted by Crippen LogP contribution is 2.39. The summed E-state index contributed by atoms with van der Waals surface area (Å²) in [5.41, 5.74) is 1.69. The molecule has 2 amide bonds. The number of halogens is 1. The Kier molecular flexibility index (Phi) is 6.94. The fourth-order valence-electron chi connectivity index (χ4n) is 2.34. The van der Waals surface area contributed by atoms with E-state index in [-0.39, 0.29) is 6.03 Å². The van der Waals surface area contributed by atoms with Crippen molar-refractivity contribution in [3.8, 4) is 17.2 Å². The Hall–Kier alpha value is -2.41. The Labute approximate surface area is 155 Å². The van der Waals surface area contributed by atoms with E-state index < -0.39 is 0 Å². The molecule has 0 bridgehead atoms. The fraction of sp³-hybridized carbons (Fsp3) is 0.278. The monoisotopic (exact) mass is 408 g/mol. The summed E-state index contributed by atoms with van der Waals surface area (Å²) in [6.45, 7) is 0.521. The van der Waals surface area contributed by atoms with Crippen molar-refractivity contribution in [1.82, 2.24) is 5.32 Å². The number of hydrogen-bond acceptors (Lipinski definition) is 4. The van der Waals surface area contributed by atoms with E-state index in [0.29, 0.717) is 29.5 Å². The van der Waals surface area contributed by atoms with Crippen LogP contribution in [0.1, 0.15) is 5.56 Å². The third-order valence-electron chi connectivity index (χ3n) is 3.51. The molecule has 0 fully saturated rings. The van der Waals surface area contributed by atoms with Crippen LogP contribution >= 0.6 is 15.9 Å². The summed E-state index contributed by atoms with van der Waals surface area (Å²) in [5.74, 6) is 1.43. The van der Waals surface area contributed by atoms with Crippen molar-refractivity contribution in [1.29, 1.82) is 0 Å². The minimum absolute atomic E-state index is 0.302. The minimum atomic E-state index is -0.302. The molecular formula is C18H21BrN2O4. The van der Waals surface area contributed by atoms with Gasteiger partial charge in [-0.05, 0) is 24.1 Å². The van der Waals surface area contributed by atoms with Crippen LogP contribution < -0.4 is 24.8 Å². The molecule has 0 unspecified atom stereocenters. The smallest absolute Gasteiger partial charge is 0.319 e. The van der Waals surface area contributed by atoms with Gasteiger partial charge in [0.05, 0.1) is 27.0 Å². The van der Waals surface area contributed by atoms with Crippen molar-refractivity contribution in [2.75, 3.05) is 33.2 Å². The molecule has 2 aromatic rings. The molecule has 0 heterocycles. The molecule has 0 spiro atoms. The second-order valence-corrected chi connectivity index (χ2v) is 6.09.